The third-order valence-corrected chi connectivity index (χ3v) is 4.05. The molecule has 2 amide bonds. The molecule has 0 aliphatic carbocycles. The second kappa shape index (κ2) is 10.7. The standard InChI is InChI=1S/C19H31N3O3/c1-6-22(13-7-12-21(3)4)19(24)20-17-10-8-16(9-11-17)14-15(2)18(23)25-5/h8-11,15H,6-7,12-14H2,1-5H3,(H,20,24)/t15-/m0/s1. The molecule has 0 spiro atoms. The molecular formula is C19H31N3O3. The minimum atomic E-state index is -0.214. The highest BCUT2D eigenvalue weighted by Gasteiger charge is 2.14. The number of ether oxygens (including phenoxy) is 1. The van der Waals surface area contributed by atoms with Crippen LogP contribution in [0.25, 0.3) is 0 Å². The number of benzene rings is 1. The quantitative estimate of drug-likeness (QED) is 0.697. The van der Waals surface area contributed by atoms with E-state index in [9.17, 15) is 9.59 Å². The Morgan fingerprint density at radius 3 is 2.32 bits per heavy atom. The summed E-state index contributed by atoms with van der Waals surface area (Å²) in [7, 11) is 5.45. The van der Waals surface area contributed by atoms with Crippen molar-refractivity contribution < 1.29 is 14.3 Å². The van der Waals surface area contributed by atoms with Gasteiger partial charge in [0, 0.05) is 18.8 Å². The first kappa shape index (κ1) is 21.0. The predicted molar refractivity (Wildman–Crippen MR) is 101 cm³/mol. The van der Waals surface area contributed by atoms with Gasteiger partial charge in [-0.2, -0.15) is 0 Å². The molecule has 0 aromatic heterocycles. The summed E-state index contributed by atoms with van der Waals surface area (Å²) in [6, 6.07) is 7.50. The smallest absolute Gasteiger partial charge is 0.321 e. The Morgan fingerprint density at radius 2 is 1.80 bits per heavy atom. The Hall–Kier alpha value is -2.08. The normalized spacial score (nSPS) is 11.9. The van der Waals surface area contributed by atoms with E-state index >= 15 is 0 Å². The van der Waals surface area contributed by atoms with E-state index in [1.165, 1.54) is 7.11 Å². The third kappa shape index (κ3) is 7.56. The van der Waals surface area contributed by atoms with Crippen LogP contribution >= 0.6 is 0 Å². The summed E-state index contributed by atoms with van der Waals surface area (Å²) >= 11 is 0. The molecule has 140 valence electrons. The Morgan fingerprint density at radius 1 is 1.16 bits per heavy atom. The van der Waals surface area contributed by atoms with Crippen molar-refractivity contribution in [1.29, 1.82) is 0 Å². The fraction of sp³-hybridized carbons (Fsp3) is 0.579. The highest BCUT2D eigenvalue weighted by Crippen LogP contribution is 2.14. The van der Waals surface area contributed by atoms with Gasteiger partial charge in [-0.1, -0.05) is 19.1 Å². The van der Waals surface area contributed by atoms with Crippen molar-refractivity contribution in [1.82, 2.24) is 9.80 Å². The molecule has 1 aromatic carbocycles. The van der Waals surface area contributed by atoms with Gasteiger partial charge in [0.05, 0.1) is 13.0 Å². The van der Waals surface area contributed by atoms with Crippen LogP contribution in [-0.4, -0.2) is 62.6 Å². The molecule has 25 heavy (non-hydrogen) atoms. The van der Waals surface area contributed by atoms with Crippen molar-refractivity contribution in [3.05, 3.63) is 29.8 Å². The number of carbonyl (C=O) groups is 2. The summed E-state index contributed by atoms with van der Waals surface area (Å²) < 4.78 is 4.74. The van der Waals surface area contributed by atoms with Crippen LogP contribution in [0, 0.1) is 5.92 Å². The maximum atomic E-state index is 12.4. The molecule has 0 aliphatic heterocycles. The summed E-state index contributed by atoms with van der Waals surface area (Å²) in [6.45, 7) is 6.18. The molecule has 1 atom stereocenters. The number of anilines is 1. The molecule has 0 bridgehead atoms. The highest BCUT2D eigenvalue weighted by molar-refractivity contribution is 5.89. The van der Waals surface area contributed by atoms with Crippen molar-refractivity contribution in [2.24, 2.45) is 5.92 Å². The average Bonchev–Trinajstić information content (AvgIpc) is 2.59. The lowest BCUT2D eigenvalue weighted by Gasteiger charge is -2.22. The Labute approximate surface area is 151 Å². The Balaban J connectivity index is 2.55. The number of hydrogen-bond donors (Lipinski definition) is 1. The van der Waals surface area contributed by atoms with E-state index in [0.717, 1.165) is 30.8 Å². The molecule has 0 unspecified atom stereocenters. The molecule has 0 aliphatic rings. The van der Waals surface area contributed by atoms with Crippen molar-refractivity contribution in [3.8, 4) is 0 Å². The molecule has 6 heteroatoms. The number of amides is 2. The second-order valence-corrected chi connectivity index (χ2v) is 6.49. The predicted octanol–water partition coefficient (Wildman–Crippen LogP) is 2.84. The molecule has 0 fully saturated rings. The van der Waals surface area contributed by atoms with Gasteiger partial charge in [-0.25, -0.2) is 4.79 Å². The van der Waals surface area contributed by atoms with Gasteiger partial charge < -0.3 is 19.9 Å². The molecule has 0 saturated heterocycles. The number of rotatable bonds is 9. The largest absolute Gasteiger partial charge is 0.469 e. The van der Waals surface area contributed by atoms with E-state index in [-0.39, 0.29) is 17.9 Å². The van der Waals surface area contributed by atoms with Gasteiger partial charge in [-0.3, -0.25) is 4.79 Å². The Kier molecular flexibility index (Phi) is 8.99. The summed E-state index contributed by atoms with van der Waals surface area (Å²) in [4.78, 5) is 27.7. The van der Waals surface area contributed by atoms with Gasteiger partial charge in [0.25, 0.3) is 0 Å². The topological polar surface area (TPSA) is 61.9 Å². The average molecular weight is 349 g/mol. The lowest BCUT2D eigenvalue weighted by molar-refractivity contribution is -0.144. The van der Waals surface area contributed by atoms with Crippen molar-refractivity contribution >= 4 is 17.7 Å². The van der Waals surface area contributed by atoms with E-state index < -0.39 is 0 Å². The van der Waals surface area contributed by atoms with Crippen LogP contribution in [0.5, 0.6) is 0 Å². The number of methoxy groups -OCH3 is 1. The first-order valence-corrected chi connectivity index (χ1v) is 8.74. The zero-order valence-corrected chi connectivity index (χ0v) is 16.0. The van der Waals surface area contributed by atoms with Crippen LogP contribution in [0.3, 0.4) is 0 Å². The number of carbonyl (C=O) groups excluding carboxylic acids is 2. The van der Waals surface area contributed by atoms with Gasteiger partial charge in [-0.05, 0) is 58.1 Å². The minimum Gasteiger partial charge on any atom is -0.469 e. The van der Waals surface area contributed by atoms with E-state index in [1.54, 1.807) is 4.90 Å². The third-order valence-electron chi connectivity index (χ3n) is 4.05. The lowest BCUT2D eigenvalue weighted by atomic mass is 10.0. The molecule has 6 nitrogen and oxygen atoms in total. The number of nitrogens with zero attached hydrogens (tertiary/aromatic N) is 2. The summed E-state index contributed by atoms with van der Waals surface area (Å²) in [6.07, 6.45) is 1.56. The molecule has 1 aromatic rings. The van der Waals surface area contributed by atoms with Gasteiger partial charge in [0.15, 0.2) is 0 Å². The van der Waals surface area contributed by atoms with Gasteiger partial charge in [-0.15, -0.1) is 0 Å². The van der Waals surface area contributed by atoms with Crippen molar-refractivity contribution in [3.63, 3.8) is 0 Å². The molecular weight excluding hydrogens is 318 g/mol. The zero-order chi connectivity index (χ0) is 18.8. The molecule has 0 heterocycles. The number of urea groups is 1. The summed E-state index contributed by atoms with van der Waals surface area (Å²) in [5, 5.41) is 2.93. The molecule has 0 saturated carbocycles. The maximum Gasteiger partial charge on any atom is 0.321 e. The van der Waals surface area contributed by atoms with Crippen LogP contribution in [0.4, 0.5) is 10.5 Å². The van der Waals surface area contributed by atoms with Crippen molar-refractivity contribution in [2.45, 2.75) is 26.7 Å². The van der Waals surface area contributed by atoms with Crippen LogP contribution < -0.4 is 5.32 Å². The van der Waals surface area contributed by atoms with Gasteiger partial charge in [0.1, 0.15) is 0 Å². The number of esters is 1. The van der Waals surface area contributed by atoms with E-state index in [2.05, 4.69) is 10.2 Å². The van der Waals surface area contributed by atoms with Crippen LogP contribution in [0.1, 0.15) is 25.8 Å². The SMILES string of the molecule is CCN(CCCN(C)C)C(=O)Nc1ccc(C[C@H](C)C(=O)OC)cc1. The second-order valence-electron chi connectivity index (χ2n) is 6.49. The molecule has 1 rings (SSSR count). The number of hydrogen-bond acceptors (Lipinski definition) is 4. The molecule has 1 N–H and O–H groups in total. The van der Waals surface area contributed by atoms with Gasteiger partial charge in [0.2, 0.25) is 0 Å². The van der Waals surface area contributed by atoms with E-state index in [0.29, 0.717) is 13.0 Å². The monoisotopic (exact) mass is 349 g/mol. The highest BCUT2D eigenvalue weighted by atomic mass is 16.5. The van der Waals surface area contributed by atoms with Crippen LogP contribution in [-0.2, 0) is 16.0 Å². The zero-order valence-electron chi connectivity index (χ0n) is 16.0. The van der Waals surface area contributed by atoms with Crippen LogP contribution in [0.2, 0.25) is 0 Å². The fourth-order valence-electron chi connectivity index (χ4n) is 2.55. The molecule has 0 radical (unpaired) electrons. The van der Waals surface area contributed by atoms with Crippen LogP contribution in [0.15, 0.2) is 24.3 Å². The van der Waals surface area contributed by atoms with E-state index in [4.69, 9.17) is 4.74 Å². The lowest BCUT2D eigenvalue weighted by Crippen LogP contribution is -2.36. The maximum absolute atomic E-state index is 12.4. The minimum absolute atomic E-state index is 0.0862. The fourth-order valence-corrected chi connectivity index (χ4v) is 2.55. The van der Waals surface area contributed by atoms with Crippen molar-refractivity contribution in [2.75, 3.05) is 46.2 Å². The van der Waals surface area contributed by atoms with E-state index in [1.807, 2.05) is 52.2 Å². The Bertz CT molecular complexity index is 543. The first-order chi connectivity index (χ1) is 11.9. The summed E-state index contributed by atoms with van der Waals surface area (Å²) in [5.74, 6) is -0.397. The van der Waals surface area contributed by atoms with Gasteiger partial charge >= 0.3 is 12.0 Å². The summed E-state index contributed by atoms with van der Waals surface area (Å²) in [5.41, 5.74) is 1.79. The first-order valence-electron chi connectivity index (χ1n) is 8.74. The number of nitrogens with one attached hydrogen (secondary N) is 1.